The molecule has 0 aromatic heterocycles. The first-order chi connectivity index (χ1) is 24.7. The number of hydrogen-bond donors (Lipinski definition) is 1. The van der Waals surface area contributed by atoms with Crippen LogP contribution in [0.15, 0.2) is 164 Å². The zero-order valence-corrected chi connectivity index (χ0v) is 28.1. The minimum absolute atomic E-state index is 0.00748. The van der Waals surface area contributed by atoms with E-state index in [0.29, 0.717) is 39.5 Å². The number of hydrogen-bond acceptors (Lipinski definition) is 5. The fraction of sp³-hybridized carbons (Fsp3) is 0.156. The Bertz CT molecular complexity index is 1890. The second-order valence-corrected chi connectivity index (χ2v) is 11.8. The van der Waals surface area contributed by atoms with E-state index in [-0.39, 0.29) is 6.61 Å². The molecule has 0 spiro atoms. The Kier molecular flexibility index (Phi) is 12.5. The molecule has 0 radical (unpaired) electrons. The second-order valence-electron chi connectivity index (χ2n) is 11.8. The summed E-state index contributed by atoms with van der Waals surface area (Å²) in [5, 5.41) is 10.3. The molecule has 0 amide bonds. The molecule has 0 unspecified atom stereocenters. The van der Waals surface area contributed by atoms with E-state index in [1.165, 1.54) is 0 Å². The van der Waals surface area contributed by atoms with Crippen LogP contribution in [0.1, 0.15) is 39.8 Å². The normalized spacial score (nSPS) is 11.5. The summed E-state index contributed by atoms with van der Waals surface area (Å²) in [6.07, 6.45) is 0.475. The van der Waals surface area contributed by atoms with Crippen LogP contribution in [0, 0.1) is 0 Å². The Balaban J connectivity index is 1.22. The van der Waals surface area contributed by atoms with E-state index in [9.17, 15) is 5.11 Å². The maximum absolute atomic E-state index is 10.3. The van der Waals surface area contributed by atoms with Gasteiger partial charge < -0.3 is 24.1 Å². The van der Waals surface area contributed by atoms with E-state index in [2.05, 4.69) is 72.8 Å². The van der Waals surface area contributed by atoms with E-state index in [1.54, 1.807) is 0 Å². The molecule has 0 heterocycles. The van der Waals surface area contributed by atoms with Crippen LogP contribution in [0.25, 0.3) is 11.1 Å². The highest BCUT2D eigenvalue weighted by Crippen LogP contribution is 2.36. The number of benzene rings is 6. The van der Waals surface area contributed by atoms with Crippen molar-refractivity contribution in [1.82, 2.24) is 0 Å². The van der Waals surface area contributed by atoms with E-state index < -0.39 is 0 Å². The van der Waals surface area contributed by atoms with Crippen molar-refractivity contribution in [3.63, 3.8) is 0 Å². The molecule has 252 valence electrons. The van der Waals surface area contributed by atoms with E-state index in [1.807, 2.05) is 91.0 Å². The quantitative estimate of drug-likeness (QED) is 0.0779. The average molecular weight is 663 g/mol. The first-order valence-electron chi connectivity index (χ1n) is 17.0. The van der Waals surface area contributed by atoms with Gasteiger partial charge in [-0.05, 0) is 87.3 Å². The molecule has 0 fully saturated rings. The highest BCUT2D eigenvalue weighted by Gasteiger charge is 2.15. The van der Waals surface area contributed by atoms with Gasteiger partial charge in [0.15, 0.2) is 0 Å². The monoisotopic (exact) mass is 662 g/mol. The van der Waals surface area contributed by atoms with Gasteiger partial charge >= 0.3 is 0 Å². The molecule has 0 aliphatic heterocycles. The molecular weight excluding hydrogens is 620 g/mol. The van der Waals surface area contributed by atoms with Crippen LogP contribution in [-0.4, -0.2) is 24.9 Å². The van der Waals surface area contributed by atoms with Crippen LogP contribution in [0.3, 0.4) is 0 Å². The maximum atomic E-state index is 10.3. The molecule has 1 N–H and O–H groups in total. The summed E-state index contributed by atoms with van der Waals surface area (Å²) >= 11 is 0. The smallest absolute Gasteiger partial charge is 0.119 e. The Morgan fingerprint density at radius 1 is 0.400 bits per heavy atom. The summed E-state index contributed by atoms with van der Waals surface area (Å²) in [5.41, 5.74) is 8.48. The van der Waals surface area contributed by atoms with Crippen molar-refractivity contribution in [3.8, 4) is 17.2 Å². The third-order valence-electron chi connectivity index (χ3n) is 8.26. The number of rotatable bonds is 17. The van der Waals surface area contributed by atoms with Gasteiger partial charge in [0.05, 0.1) is 13.2 Å². The van der Waals surface area contributed by atoms with E-state index in [0.717, 1.165) is 61.8 Å². The lowest BCUT2D eigenvalue weighted by molar-refractivity contribution is 0.0889. The first kappa shape index (κ1) is 34.3. The standard InChI is InChI=1S/C45H42O5/c46-29-28-44(38-16-22-42(23-17-38)49-33-36-12-6-2-7-13-36)45(40-20-26-43(27-21-40)50-34-37-14-8-3-9-15-37)39-18-24-41(25-19-39)48-31-30-47-32-35-10-4-1-5-11-35/h1-27,46H,28-34H2/b45-44-. The number of aliphatic hydroxyl groups is 1. The summed E-state index contributed by atoms with van der Waals surface area (Å²) in [4.78, 5) is 0. The maximum Gasteiger partial charge on any atom is 0.119 e. The fourth-order valence-corrected chi connectivity index (χ4v) is 5.69. The van der Waals surface area contributed by atoms with Gasteiger partial charge in [0, 0.05) is 6.61 Å². The molecule has 0 bridgehead atoms. The molecular formula is C45H42O5. The third kappa shape index (κ3) is 9.95. The predicted octanol–water partition coefficient (Wildman–Crippen LogP) is 9.78. The summed E-state index contributed by atoms with van der Waals surface area (Å²) < 4.78 is 24.0. The SMILES string of the molecule is OCC/C(=C(\c1ccc(OCCOCc2ccccc2)cc1)c1ccc(OCc2ccccc2)cc1)c1ccc(OCc2ccccc2)cc1. The van der Waals surface area contributed by atoms with Crippen molar-refractivity contribution in [2.45, 2.75) is 26.2 Å². The Morgan fingerprint density at radius 2 is 0.800 bits per heavy atom. The lowest BCUT2D eigenvalue weighted by Gasteiger charge is -2.18. The number of aliphatic hydroxyl groups excluding tert-OH is 1. The molecule has 50 heavy (non-hydrogen) atoms. The van der Waals surface area contributed by atoms with Crippen LogP contribution >= 0.6 is 0 Å². The fourth-order valence-electron chi connectivity index (χ4n) is 5.69. The molecule has 5 nitrogen and oxygen atoms in total. The van der Waals surface area contributed by atoms with Gasteiger partial charge in [-0.15, -0.1) is 0 Å². The van der Waals surface area contributed by atoms with E-state index >= 15 is 0 Å². The predicted molar refractivity (Wildman–Crippen MR) is 200 cm³/mol. The van der Waals surface area contributed by atoms with Gasteiger partial charge in [0.25, 0.3) is 0 Å². The van der Waals surface area contributed by atoms with Crippen molar-refractivity contribution in [1.29, 1.82) is 0 Å². The van der Waals surface area contributed by atoms with Gasteiger partial charge in [-0.2, -0.15) is 0 Å². The minimum Gasteiger partial charge on any atom is -0.491 e. The van der Waals surface area contributed by atoms with Gasteiger partial charge in [-0.3, -0.25) is 0 Å². The van der Waals surface area contributed by atoms with Crippen molar-refractivity contribution in [2.75, 3.05) is 19.8 Å². The summed E-state index contributed by atoms with van der Waals surface area (Å²) in [6.45, 7) is 2.50. The largest absolute Gasteiger partial charge is 0.491 e. The van der Waals surface area contributed by atoms with Crippen molar-refractivity contribution in [2.24, 2.45) is 0 Å². The molecule has 0 atom stereocenters. The van der Waals surface area contributed by atoms with Crippen LogP contribution in [-0.2, 0) is 24.6 Å². The lowest BCUT2D eigenvalue weighted by atomic mass is 9.88. The molecule has 0 aliphatic rings. The molecule has 5 heteroatoms. The topological polar surface area (TPSA) is 57.2 Å². The van der Waals surface area contributed by atoms with Crippen molar-refractivity contribution in [3.05, 3.63) is 197 Å². The molecule has 6 aromatic carbocycles. The van der Waals surface area contributed by atoms with Crippen LogP contribution < -0.4 is 14.2 Å². The molecule has 0 saturated carbocycles. The van der Waals surface area contributed by atoms with Crippen LogP contribution in [0.4, 0.5) is 0 Å². The molecule has 0 saturated heterocycles. The summed E-state index contributed by atoms with van der Waals surface area (Å²) in [6, 6.07) is 54.8. The highest BCUT2D eigenvalue weighted by atomic mass is 16.5. The second kappa shape index (κ2) is 18.2. The van der Waals surface area contributed by atoms with Gasteiger partial charge in [-0.25, -0.2) is 0 Å². The lowest BCUT2D eigenvalue weighted by Crippen LogP contribution is -2.06. The number of ether oxygens (including phenoxy) is 4. The Morgan fingerprint density at radius 3 is 1.24 bits per heavy atom. The zero-order chi connectivity index (χ0) is 34.2. The van der Waals surface area contributed by atoms with Gasteiger partial charge in [0.2, 0.25) is 0 Å². The van der Waals surface area contributed by atoms with Gasteiger partial charge in [-0.1, -0.05) is 127 Å². The molecule has 6 rings (SSSR count). The zero-order valence-electron chi connectivity index (χ0n) is 28.1. The summed E-state index contributed by atoms with van der Waals surface area (Å²) in [7, 11) is 0. The highest BCUT2D eigenvalue weighted by molar-refractivity contribution is 5.98. The van der Waals surface area contributed by atoms with Crippen molar-refractivity contribution < 1.29 is 24.1 Å². The van der Waals surface area contributed by atoms with Gasteiger partial charge in [0.1, 0.15) is 37.1 Å². The minimum atomic E-state index is 0.00748. The Labute approximate surface area is 295 Å². The summed E-state index contributed by atoms with van der Waals surface area (Å²) in [5.74, 6) is 2.35. The molecule has 6 aromatic rings. The Hall–Kier alpha value is -5.62. The molecule has 0 aliphatic carbocycles. The van der Waals surface area contributed by atoms with E-state index in [4.69, 9.17) is 18.9 Å². The average Bonchev–Trinajstić information content (AvgIpc) is 3.18. The first-order valence-corrected chi connectivity index (χ1v) is 17.0. The van der Waals surface area contributed by atoms with Crippen LogP contribution in [0.2, 0.25) is 0 Å². The van der Waals surface area contributed by atoms with Crippen LogP contribution in [0.5, 0.6) is 17.2 Å². The van der Waals surface area contributed by atoms with Crippen molar-refractivity contribution >= 4 is 11.1 Å². The third-order valence-corrected chi connectivity index (χ3v) is 8.26.